The van der Waals surface area contributed by atoms with Crippen LogP contribution in [0.5, 0.6) is 0 Å². The zero-order valence-corrected chi connectivity index (χ0v) is 24.9. The highest BCUT2D eigenvalue weighted by Gasteiger charge is 2.29. The van der Waals surface area contributed by atoms with E-state index in [1.54, 1.807) is 6.07 Å². The fourth-order valence-corrected chi connectivity index (χ4v) is 5.62. The average Bonchev–Trinajstić information content (AvgIpc) is 2.94. The third-order valence-electron chi connectivity index (χ3n) is 6.69. The molecule has 1 fully saturated rings. The molecule has 0 radical (unpaired) electrons. The molecule has 4 rings (SSSR count). The fraction of sp³-hybridized carbons (Fsp3) is 0.400. The molecule has 3 amide bonds. The Morgan fingerprint density at radius 3 is 2.38 bits per heavy atom. The van der Waals surface area contributed by atoms with E-state index in [1.807, 2.05) is 79.1 Å². The summed E-state index contributed by atoms with van der Waals surface area (Å²) in [6.07, 6.45) is 0.779. The monoisotopic (exact) mass is 580 g/mol. The Morgan fingerprint density at radius 2 is 1.73 bits per heavy atom. The van der Waals surface area contributed by atoms with E-state index in [2.05, 4.69) is 27.3 Å². The molecular formula is C30H37ClN6O2S. The van der Waals surface area contributed by atoms with Gasteiger partial charge in [0.1, 0.15) is 11.0 Å². The van der Waals surface area contributed by atoms with Crippen molar-refractivity contribution in [2.75, 3.05) is 36.8 Å². The summed E-state index contributed by atoms with van der Waals surface area (Å²) in [6, 6.07) is 22.0. The maximum absolute atomic E-state index is 13.4. The standard InChI is InChI=1S/C30H37ClN6O2S/c1-22(2)32-30(39)37-17-16-35(19-23(37)3)27-18-26(31)33-29(34-27)40-21-28(38)36(20-25-12-8-5-9-13-25)15-14-24-10-6-4-7-11-24/h4-13,18,22-23H,14-17,19-21H2,1-3H3,(H,32,39). The van der Waals surface area contributed by atoms with Gasteiger partial charge in [0.05, 0.1) is 5.75 Å². The molecule has 0 spiro atoms. The van der Waals surface area contributed by atoms with Crippen molar-refractivity contribution in [3.05, 3.63) is 83.0 Å². The number of carbonyl (C=O) groups excluding carboxylic acids is 2. The van der Waals surface area contributed by atoms with Crippen LogP contribution in [0.3, 0.4) is 0 Å². The highest BCUT2D eigenvalue weighted by Crippen LogP contribution is 2.24. The maximum atomic E-state index is 13.4. The number of nitrogens with zero attached hydrogens (tertiary/aromatic N) is 5. The molecule has 0 bridgehead atoms. The van der Waals surface area contributed by atoms with Crippen molar-refractivity contribution in [3.8, 4) is 0 Å². The van der Waals surface area contributed by atoms with Gasteiger partial charge in [-0.2, -0.15) is 0 Å². The summed E-state index contributed by atoms with van der Waals surface area (Å²) < 4.78 is 0. The molecule has 1 saturated heterocycles. The van der Waals surface area contributed by atoms with Gasteiger partial charge in [-0.1, -0.05) is 84.0 Å². The number of benzene rings is 2. The summed E-state index contributed by atoms with van der Waals surface area (Å²) in [5.41, 5.74) is 2.28. The van der Waals surface area contributed by atoms with Crippen LogP contribution in [0.4, 0.5) is 10.6 Å². The van der Waals surface area contributed by atoms with E-state index in [1.165, 1.54) is 17.3 Å². The molecule has 2 heterocycles. The number of amides is 3. The molecule has 2 aromatic carbocycles. The van der Waals surface area contributed by atoms with Crippen molar-refractivity contribution < 1.29 is 9.59 Å². The van der Waals surface area contributed by atoms with Crippen LogP contribution >= 0.6 is 23.4 Å². The van der Waals surface area contributed by atoms with Gasteiger partial charge in [-0.25, -0.2) is 14.8 Å². The molecule has 0 saturated carbocycles. The predicted octanol–water partition coefficient (Wildman–Crippen LogP) is 5.12. The predicted molar refractivity (Wildman–Crippen MR) is 162 cm³/mol. The van der Waals surface area contributed by atoms with Crippen LogP contribution in [0.1, 0.15) is 31.9 Å². The minimum atomic E-state index is -0.0510. The van der Waals surface area contributed by atoms with Gasteiger partial charge in [-0.05, 0) is 38.3 Å². The van der Waals surface area contributed by atoms with Gasteiger partial charge in [-0.15, -0.1) is 0 Å². The SMILES string of the molecule is CC(C)NC(=O)N1CCN(c2cc(Cl)nc(SCC(=O)N(CCc3ccccc3)Cc3ccccc3)n2)CC1C. The first-order valence-corrected chi connectivity index (χ1v) is 15.0. The van der Waals surface area contributed by atoms with Gasteiger partial charge in [0.15, 0.2) is 5.16 Å². The van der Waals surface area contributed by atoms with E-state index >= 15 is 0 Å². The number of carbonyl (C=O) groups is 2. The minimum Gasteiger partial charge on any atom is -0.353 e. The first kappa shape index (κ1) is 29.7. The number of hydrogen-bond donors (Lipinski definition) is 1. The first-order valence-electron chi connectivity index (χ1n) is 13.6. The Hall–Kier alpha value is -3.30. The van der Waals surface area contributed by atoms with Crippen molar-refractivity contribution in [3.63, 3.8) is 0 Å². The molecule has 1 atom stereocenters. The van der Waals surface area contributed by atoms with Crippen LogP contribution in [-0.2, 0) is 17.8 Å². The highest BCUT2D eigenvalue weighted by atomic mass is 35.5. The van der Waals surface area contributed by atoms with Crippen LogP contribution in [0.15, 0.2) is 71.9 Å². The van der Waals surface area contributed by atoms with E-state index in [0.29, 0.717) is 48.9 Å². The number of thioether (sulfide) groups is 1. The minimum absolute atomic E-state index is 0.00933. The lowest BCUT2D eigenvalue weighted by Crippen LogP contribution is -2.57. The molecule has 1 unspecified atom stereocenters. The van der Waals surface area contributed by atoms with Crippen molar-refractivity contribution >= 4 is 41.1 Å². The Balaban J connectivity index is 1.39. The average molecular weight is 581 g/mol. The number of rotatable bonds is 10. The molecule has 212 valence electrons. The van der Waals surface area contributed by atoms with Gasteiger partial charge < -0.3 is 20.0 Å². The van der Waals surface area contributed by atoms with E-state index < -0.39 is 0 Å². The summed E-state index contributed by atoms with van der Waals surface area (Å²) >= 11 is 7.68. The molecule has 1 aliphatic rings. The molecule has 1 N–H and O–H groups in total. The zero-order valence-electron chi connectivity index (χ0n) is 23.3. The molecular weight excluding hydrogens is 544 g/mol. The third-order valence-corrected chi connectivity index (χ3v) is 7.72. The first-order chi connectivity index (χ1) is 19.3. The molecule has 1 aliphatic heterocycles. The van der Waals surface area contributed by atoms with Gasteiger partial charge in [-0.3, -0.25) is 4.79 Å². The highest BCUT2D eigenvalue weighted by molar-refractivity contribution is 7.99. The lowest BCUT2D eigenvalue weighted by molar-refractivity contribution is -0.128. The van der Waals surface area contributed by atoms with Gasteiger partial charge in [0, 0.05) is 50.9 Å². The summed E-state index contributed by atoms with van der Waals surface area (Å²) in [7, 11) is 0. The second kappa shape index (κ2) is 14.4. The van der Waals surface area contributed by atoms with Crippen LogP contribution in [0.2, 0.25) is 5.15 Å². The Kier molecular flexibility index (Phi) is 10.7. The third kappa shape index (κ3) is 8.60. The maximum Gasteiger partial charge on any atom is 0.317 e. The second-order valence-electron chi connectivity index (χ2n) is 10.2. The number of aromatic nitrogens is 2. The zero-order chi connectivity index (χ0) is 28.5. The number of halogens is 1. The Labute approximate surface area is 246 Å². The molecule has 10 heteroatoms. The van der Waals surface area contributed by atoms with Crippen molar-refractivity contribution in [2.45, 2.75) is 51.0 Å². The van der Waals surface area contributed by atoms with Crippen LogP contribution in [0.25, 0.3) is 0 Å². The summed E-state index contributed by atoms with van der Waals surface area (Å²) in [4.78, 5) is 40.9. The molecule has 40 heavy (non-hydrogen) atoms. The molecule has 8 nitrogen and oxygen atoms in total. The second-order valence-corrected chi connectivity index (χ2v) is 11.6. The lowest BCUT2D eigenvalue weighted by Gasteiger charge is -2.40. The lowest BCUT2D eigenvalue weighted by atomic mass is 10.1. The van der Waals surface area contributed by atoms with E-state index in [9.17, 15) is 9.59 Å². The van der Waals surface area contributed by atoms with E-state index in [-0.39, 0.29) is 29.8 Å². The van der Waals surface area contributed by atoms with Gasteiger partial charge in [0.2, 0.25) is 5.91 Å². The largest absolute Gasteiger partial charge is 0.353 e. The van der Waals surface area contributed by atoms with Crippen LogP contribution in [-0.4, -0.2) is 75.7 Å². The number of nitrogens with one attached hydrogen (secondary N) is 1. The van der Waals surface area contributed by atoms with Crippen molar-refractivity contribution in [1.29, 1.82) is 0 Å². The Bertz CT molecular complexity index is 1260. The Morgan fingerprint density at radius 1 is 1.05 bits per heavy atom. The smallest absolute Gasteiger partial charge is 0.317 e. The van der Waals surface area contributed by atoms with Crippen molar-refractivity contribution in [2.24, 2.45) is 0 Å². The van der Waals surface area contributed by atoms with Gasteiger partial charge >= 0.3 is 6.03 Å². The quantitative estimate of drug-likeness (QED) is 0.204. The van der Waals surface area contributed by atoms with Crippen molar-refractivity contribution in [1.82, 2.24) is 25.1 Å². The van der Waals surface area contributed by atoms with E-state index in [4.69, 9.17) is 16.6 Å². The summed E-state index contributed by atoms with van der Waals surface area (Å²) in [5, 5.41) is 3.76. The van der Waals surface area contributed by atoms with Gasteiger partial charge in [0.25, 0.3) is 0 Å². The number of hydrogen-bond acceptors (Lipinski definition) is 6. The summed E-state index contributed by atoms with van der Waals surface area (Å²) in [5.74, 6) is 0.935. The number of piperazine rings is 1. The summed E-state index contributed by atoms with van der Waals surface area (Å²) in [6.45, 7) is 8.94. The fourth-order valence-electron chi connectivity index (χ4n) is 4.63. The molecule has 0 aliphatic carbocycles. The number of urea groups is 1. The molecule has 1 aromatic heterocycles. The molecule has 3 aromatic rings. The van der Waals surface area contributed by atoms with E-state index in [0.717, 1.165) is 12.0 Å². The topological polar surface area (TPSA) is 81.7 Å². The van der Waals surface area contributed by atoms with Crippen LogP contribution < -0.4 is 10.2 Å². The normalized spacial score (nSPS) is 15.3. The van der Waals surface area contributed by atoms with Crippen LogP contribution in [0, 0.1) is 0 Å². The number of anilines is 1.